The summed E-state index contributed by atoms with van der Waals surface area (Å²) < 4.78 is 0. The molecule has 1 aliphatic heterocycles. The van der Waals surface area contributed by atoms with Gasteiger partial charge in [0.05, 0.1) is 17.3 Å². The molecule has 0 aliphatic carbocycles. The third kappa shape index (κ3) is 2.51. The molecule has 4 rings (SSSR count). The molecule has 1 aliphatic rings. The average molecular weight is 335 g/mol. The highest BCUT2D eigenvalue weighted by Gasteiger charge is 2.33. The molecule has 0 spiro atoms. The molecule has 0 unspecified atom stereocenters. The van der Waals surface area contributed by atoms with E-state index in [2.05, 4.69) is 33.5 Å². The van der Waals surface area contributed by atoms with Crippen LogP contribution in [0.2, 0.25) is 0 Å². The lowest BCUT2D eigenvalue weighted by Gasteiger charge is -2.36. The maximum atomic E-state index is 13.2. The van der Waals surface area contributed by atoms with Crippen LogP contribution in [-0.2, 0) is 6.42 Å². The number of aromatic nitrogens is 2. The third-order valence-electron chi connectivity index (χ3n) is 4.48. The Kier molecular flexibility index (Phi) is 3.86. The number of benzene rings is 1. The molecule has 0 saturated heterocycles. The maximum Gasteiger partial charge on any atom is 0.258 e. The zero-order valence-corrected chi connectivity index (χ0v) is 14.2. The van der Waals surface area contributed by atoms with Gasteiger partial charge in [0, 0.05) is 17.6 Å². The Balaban J connectivity index is 1.80. The van der Waals surface area contributed by atoms with Gasteiger partial charge in [-0.1, -0.05) is 30.3 Å². The highest BCUT2D eigenvalue weighted by molar-refractivity contribution is 7.10. The first-order valence-electron chi connectivity index (χ1n) is 7.94. The van der Waals surface area contributed by atoms with Gasteiger partial charge in [-0.05, 0) is 35.9 Å². The van der Waals surface area contributed by atoms with Crippen LogP contribution in [0.25, 0.3) is 0 Å². The quantitative estimate of drug-likeness (QED) is 0.718. The summed E-state index contributed by atoms with van der Waals surface area (Å²) >= 11 is 1.77. The number of fused-ring (bicyclic) bond motifs is 1. The van der Waals surface area contributed by atoms with Crippen LogP contribution in [0.1, 0.15) is 38.1 Å². The van der Waals surface area contributed by atoms with Gasteiger partial charge in [0.2, 0.25) is 0 Å². The molecule has 120 valence electrons. The second kappa shape index (κ2) is 6.17. The highest BCUT2D eigenvalue weighted by atomic mass is 32.1. The van der Waals surface area contributed by atoms with Crippen LogP contribution in [-0.4, -0.2) is 27.3 Å². The normalized spacial score (nSPS) is 16.7. The molecule has 5 heteroatoms. The van der Waals surface area contributed by atoms with Crippen LogP contribution in [0.15, 0.2) is 54.3 Å². The summed E-state index contributed by atoms with van der Waals surface area (Å²) in [5.74, 6) is -0.00111. The van der Waals surface area contributed by atoms with Crippen molar-refractivity contribution < 1.29 is 4.79 Å². The van der Waals surface area contributed by atoms with Gasteiger partial charge in [0.15, 0.2) is 0 Å². The highest BCUT2D eigenvalue weighted by Crippen LogP contribution is 2.38. The predicted molar refractivity (Wildman–Crippen MR) is 94.1 cm³/mol. The van der Waals surface area contributed by atoms with E-state index in [1.165, 1.54) is 16.8 Å². The fourth-order valence-corrected chi connectivity index (χ4v) is 4.19. The number of rotatable bonds is 2. The molecule has 24 heavy (non-hydrogen) atoms. The van der Waals surface area contributed by atoms with E-state index in [0.29, 0.717) is 12.1 Å². The first kappa shape index (κ1) is 15.0. The molecule has 1 aromatic carbocycles. The van der Waals surface area contributed by atoms with Gasteiger partial charge in [-0.2, -0.15) is 0 Å². The summed E-state index contributed by atoms with van der Waals surface area (Å²) in [5.41, 5.74) is 3.68. The fourth-order valence-electron chi connectivity index (χ4n) is 3.29. The summed E-state index contributed by atoms with van der Waals surface area (Å²) in [7, 11) is 0. The Hall–Kier alpha value is -2.53. The van der Waals surface area contributed by atoms with Crippen molar-refractivity contribution in [1.29, 1.82) is 0 Å². The minimum atomic E-state index is -0.0479. The van der Waals surface area contributed by atoms with Crippen molar-refractivity contribution in [1.82, 2.24) is 14.9 Å². The topological polar surface area (TPSA) is 46.1 Å². The van der Waals surface area contributed by atoms with Gasteiger partial charge >= 0.3 is 0 Å². The van der Waals surface area contributed by atoms with Crippen molar-refractivity contribution >= 4 is 17.2 Å². The Morgan fingerprint density at radius 1 is 1.25 bits per heavy atom. The molecule has 0 bridgehead atoms. The van der Waals surface area contributed by atoms with Crippen molar-refractivity contribution in [3.63, 3.8) is 0 Å². The van der Waals surface area contributed by atoms with Gasteiger partial charge in [0.25, 0.3) is 5.91 Å². The zero-order chi connectivity index (χ0) is 16.5. The predicted octanol–water partition coefficient (Wildman–Crippen LogP) is 3.63. The minimum absolute atomic E-state index is 0.00111. The number of carbonyl (C=O) groups excluding carboxylic acids is 1. The molecule has 1 amide bonds. The van der Waals surface area contributed by atoms with Crippen LogP contribution in [0.5, 0.6) is 0 Å². The number of amides is 1. The lowest BCUT2D eigenvalue weighted by molar-refractivity contribution is 0.0694. The number of hydrogen-bond donors (Lipinski definition) is 0. The van der Waals surface area contributed by atoms with Gasteiger partial charge in [-0.15, -0.1) is 11.3 Å². The van der Waals surface area contributed by atoms with Crippen molar-refractivity contribution in [2.24, 2.45) is 0 Å². The maximum absolute atomic E-state index is 13.2. The molecule has 0 fully saturated rings. The van der Waals surface area contributed by atoms with Crippen LogP contribution in [0.4, 0.5) is 0 Å². The smallest absolute Gasteiger partial charge is 0.258 e. The molecule has 4 nitrogen and oxygen atoms in total. The fraction of sp³-hybridized carbons (Fsp3) is 0.211. The molecular weight excluding hydrogens is 318 g/mol. The summed E-state index contributed by atoms with van der Waals surface area (Å²) in [6, 6.07) is 12.3. The Morgan fingerprint density at radius 2 is 2.08 bits per heavy atom. The summed E-state index contributed by atoms with van der Waals surface area (Å²) in [6.45, 7) is 2.56. The van der Waals surface area contributed by atoms with E-state index < -0.39 is 0 Å². The van der Waals surface area contributed by atoms with Gasteiger partial charge in [-0.3, -0.25) is 4.79 Å². The average Bonchev–Trinajstić information content (AvgIpc) is 3.10. The Labute approximate surface area is 144 Å². The van der Waals surface area contributed by atoms with E-state index in [4.69, 9.17) is 0 Å². The Bertz CT molecular complexity index is 875. The van der Waals surface area contributed by atoms with Crippen molar-refractivity contribution in [2.75, 3.05) is 6.54 Å². The van der Waals surface area contributed by atoms with Crippen molar-refractivity contribution in [3.8, 4) is 0 Å². The van der Waals surface area contributed by atoms with Gasteiger partial charge in [-0.25, -0.2) is 9.97 Å². The summed E-state index contributed by atoms with van der Waals surface area (Å²) in [6.07, 6.45) is 4.00. The van der Waals surface area contributed by atoms with E-state index in [0.717, 1.165) is 17.7 Å². The Morgan fingerprint density at radius 3 is 2.88 bits per heavy atom. The largest absolute Gasteiger partial charge is 0.327 e. The van der Waals surface area contributed by atoms with E-state index in [-0.39, 0.29) is 11.9 Å². The number of aryl methyl sites for hydroxylation is 1. The molecule has 2 aromatic heterocycles. The zero-order valence-electron chi connectivity index (χ0n) is 13.3. The lowest BCUT2D eigenvalue weighted by atomic mass is 9.92. The monoisotopic (exact) mass is 335 g/mol. The van der Waals surface area contributed by atoms with Crippen LogP contribution >= 0.6 is 11.3 Å². The summed E-state index contributed by atoms with van der Waals surface area (Å²) in [4.78, 5) is 24.7. The molecule has 0 saturated carbocycles. The van der Waals surface area contributed by atoms with E-state index in [1.807, 2.05) is 30.0 Å². The summed E-state index contributed by atoms with van der Waals surface area (Å²) in [5, 5.41) is 2.12. The number of hydrogen-bond acceptors (Lipinski definition) is 4. The van der Waals surface area contributed by atoms with Gasteiger partial charge in [0.1, 0.15) is 6.33 Å². The standard InChI is InChI=1S/C19H17N3OS/c1-13-16(11-20-12-21-13)19(23)22-9-7-17-15(8-10-24-17)18(22)14-5-3-2-4-6-14/h2-6,8,10-12,18H,7,9H2,1H3/t18-/m1/s1. The molecule has 1 atom stereocenters. The molecule has 0 N–H and O–H groups in total. The van der Waals surface area contributed by atoms with Crippen molar-refractivity contribution in [2.45, 2.75) is 19.4 Å². The number of carbonyl (C=O) groups is 1. The van der Waals surface area contributed by atoms with E-state index in [1.54, 1.807) is 17.5 Å². The number of thiophene rings is 1. The first-order valence-corrected chi connectivity index (χ1v) is 8.82. The van der Waals surface area contributed by atoms with Crippen LogP contribution < -0.4 is 0 Å². The third-order valence-corrected chi connectivity index (χ3v) is 5.48. The van der Waals surface area contributed by atoms with E-state index in [9.17, 15) is 4.79 Å². The SMILES string of the molecule is Cc1ncncc1C(=O)N1CCc2sccc2[C@H]1c1ccccc1. The molecule has 3 heterocycles. The number of nitrogens with zero attached hydrogens (tertiary/aromatic N) is 3. The second-order valence-electron chi connectivity index (χ2n) is 5.88. The van der Waals surface area contributed by atoms with Crippen molar-refractivity contribution in [3.05, 3.63) is 81.6 Å². The second-order valence-corrected chi connectivity index (χ2v) is 6.88. The minimum Gasteiger partial charge on any atom is -0.327 e. The van der Waals surface area contributed by atoms with Crippen LogP contribution in [0.3, 0.4) is 0 Å². The lowest BCUT2D eigenvalue weighted by Crippen LogP contribution is -2.40. The van der Waals surface area contributed by atoms with E-state index >= 15 is 0 Å². The molecule has 0 radical (unpaired) electrons. The first-order chi connectivity index (χ1) is 11.8. The molecular formula is C19H17N3OS. The van der Waals surface area contributed by atoms with Crippen LogP contribution in [0, 0.1) is 6.92 Å². The molecule has 3 aromatic rings. The van der Waals surface area contributed by atoms with Gasteiger partial charge < -0.3 is 4.90 Å².